The molecular formula is C16H18N4O4S. The summed E-state index contributed by atoms with van der Waals surface area (Å²) in [5.74, 6) is -0.191. The average Bonchev–Trinajstić information content (AvgIpc) is 3.07. The van der Waals surface area contributed by atoms with Crippen LogP contribution >= 0.6 is 0 Å². The quantitative estimate of drug-likeness (QED) is 0.631. The molecule has 9 heteroatoms. The van der Waals surface area contributed by atoms with E-state index in [0.717, 1.165) is 22.5 Å². The lowest BCUT2D eigenvalue weighted by molar-refractivity contribution is 0.0629. The van der Waals surface area contributed by atoms with Crippen molar-refractivity contribution in [3.05, 3.63) is 41.2 Å². The van der Waals surface area contributed by atoms with Crippen LogP contribution in [-0.2, 0) is 16.9 Å². The van der Waals surface area contributed by atoms with Gasteiger partial charge in [-0.1, -0.05) is 4.85 Å². The third kappa shape index (κ3) is 3.14. The number of carbonyl (C=O) groups excluding carboxylic acids is 1. The maximum Gasteiger partial charge on any atom is 0.204 e. The Morgan fingerprint density at radius 1 is 1.24 bits per heavy atom. The molecule has 0 aliphatic carbocycles. The van der Waals surface area contributed by atoms with Gasteiger partial charge in [-0.15, -0.1) is 5.10 Å². The molecule has 8 nitrogen and oxygen atoms in total. The van der Waals surface area contributed by atoms with Crippen LogP contribution in [0, 0.1) is 13.8 Å². The Morgan fingerprint density at radius 2 is 1.96 bits per heavy atom. The number of rotatable bonds is 5. The van der Waals surface area contributed by atoms with Gasteiger partial charge in [0.2, 0.25) is 5.78 Å². The minimum absolute atomic E-state index is 0.132. The molecule has 2 heterocycles. The number of carbonyl (C=O) groups is 1. The monoisotopic (exact) mass is 362 g/mol. The van der Waals surface area contributed by atoms with Crippen LogP contribution in [0.1, 0.15) is 21.7 Å². The maximum absolute atomic E-state index is 12.4. The van der Waals surface area contributed by atoms with E-state index in [9.17, 15) is 13.2 Å². The van der Waals surface area contributed by atoms with Crippen LogP contribution < -0.4 is 4.84 Å². The topological polar surface area (TPSA) is 96.1 Å². The Morgan fingerprint density at radius 3 is 2.56 bits per heavy atom. The molecule has 0 atom stereocenters. The second kappa shape index (κ2) is 5.99. The molecule has 0 aliphatic rings. The van der Waals surface area contributed by atoms with Crippen LogP contribution in [0.3, 0.4) is 0 Å². The molecule has 0 saturated carbocycles. The van der Waals surface area contributed by atoms with Crippen molar-refractivity contribution in [1.82, 2.24) is 19.7 Å². The molecule has 0 unspecified atom stereocenters. The van der Waals surface area contributed by atoms with Gasteiger partial charge in [0.15, 0.2) is 16.4 Å². The van der Waals surface area contributed by atoms with Crippen molar-refractivity contribution in [2.24, 2.45) is 7.05 Å². The molecule has 132 valence electrons. The van der Waals surface area contributed by atoms with Crippen molar-refractivity contribution in [2.45, 2.75) is 18.7 Å². The van der Waals surface area contributed by atoms with Crippen molar-refractivity contribution < 1.29 is 18.0 Å². The summed E-state index contributed by atoms with van der Waals surface area (Å²) in [6, 6.07) is 6.23. The van der Waals surface area contributed by atoms with E-state index in [2.05, 4.69) is 10.3 Å². The zero-order valence-corrected chi connectivity index (χ0v) is 15.2. The number of aromatic nitrogens is 4. The van der Waals surface area contributed by atoms with Gasteiger partial charge >= 0.3 is 0 Å². The molecule has 0 bridgehead atoms. The van der Waals surface area contributed by atoms with E-state index >= 15 is 0 Å². The highest BCUT2D eigenvalue weighted by molar-refractivity contribution is 7.90. The Hall–Kier alpha value is -2.68. The third-order valence-electron chi connectivity index (χ3n) is 4.21. The molecule has 3 rings (SSSR count). The molecule has 0 radical (unpaired) electrons. The fourth-order valence-corrected chi connectivity index (χ4v) is 3.18. The van der Waals surface area contributed by atoms with E-state index in [4.69, 9.17) is 4.84 Å². The zero-order chi connectivity index (χ0) is 18.4. The predicted octanol–water partition coefficient (Wildman–Crippen LogP) is 1.10. The third-order valence-corrected chi connectivity index (χ3v) is 5.32. The van der Waals surface area contributed by atoms with Crippen molar-refractivity contribution in [3.8, 4) is 0 Å². The SMILES string of the molecule is Cc1cc(C(=O)COn2nnc3ccc(S(C)(=O)=O)cc32)c(C)n1C. The summed E-state index contributed by atoms with van der Waals surface area (Å²) in [7, 11) is -1.48. The Labute approximate surface area is 144 Å². The Bertz CT molecular complexity index is 1080. The Kier molecular flexibility index (Phi) is 4.11. The van der Waals surface area contributed by atoms with Crippen molar-refractivity contribution in [2.75, 3.05) is 12.9 Å². The van der Waals surface area contributed by atoms with Crippen molar-refractivity contribution in [3.63, 3.8) is 0 Å². The van der Waals surface area contributed by atoms with E-state index in [-0.39, 0.29) is 17.3 Å². The summed E-state index contributed by atoms with van der Waals surface area (Å²) in [5, 5.41) is 7.73. The largest absolute Gasteiger partial charge is 0.387 e. The molecule has 0 saturated heterocycles. The highest BCUT2D eigenvalue weighted by atomic mass is 32.2. The molecule has 2 aromatic heterocycles. The number of sulfone groups is 1. The van der Waals surface area contributed by atoms with Gasteiger partial charge in [-0.05, 0) is 43.3 Å². The van der Waals surface area contributed by atoms with Crippen LogP contribution in [0.5, 0.6) is 0 Å². The van der Waals surface area contributed by atoms with Gasteiger partial charge in [-0.3, -0.25) is 4.79 Å². The first kappa shape index (κ1) is 17.2. The number of fused-ring (bicyclic) bond motifs is 1. The second-order valence-corrected chi connectivity index (χ2v) is 7.94. The lowest BCUT2D eigenvalue weighted by Crippen LogP contribution is -2.21. The Balaban J connectivity index is 1.86. The van der Waals surface area contributed by atoms with Gasteiger partial charge in [-0.2, -0.15) is 0 Å². The first-order valence-corrected chi connectivity index (χ1v) is 9.42. The van der Waals surface area contributed by atoms with Gasteiger partial charge in [0.05, 0.1) is 4.90 Å². The van der Waals surface area contributed by atoms with E-state index in [1.54, 1.807) is 6.07 Å². The summed E-state index contributed by atoms with van der Waals surface area (Å²) in [6.07, 6.45) is 1.12. The van der Waals surface area contributed by atoms with E-state index < -0.39 is 9.84 Å². The number of Topliss-reactive ketones (excluding diaryl/α,β-unsaturated/α-hetero) is 1. The van der Waals surface area contributed by atoms with E-state index in [1.807, 2.05) is 31.5 Å². The number of hydrogen-bond acceptors (Lipinski definition) is 6. The lowest BCUT2D eigenvalue weighted by atomic mass is 10.2. The second-order valence-electron chi connectivity index (χ2n) is 5.93. The molecule has 0 spiro atoms. The van der Waals surface area contributed by atoms with Crippen LogP contribution in [0.15, 0.2) is 29.2 Å². The fraction of sp³-hybridized carbons (Fsp3) is 0.312. The van der Waals surface area contributed by atoms with Gasteiger partial charge in [-0.25, -0.2) is 8.42 Å². The van der Waals surface area contributed by atoms with Crippen LogP contribution in [0.25, 0.3) is 11.0 Å². The summed E-state index contributed by atoms with van der Waals surface area (Å²) >= 11 is 0. The fourth-order valence-electron chi connectivity index (χ4n) is 2.54. The van der Waals surface area contributed by atoms with Gasteiger partial charge < -0.3 is 9.40 Å². The molecule has 0 fully saturated rings. The molecular weight excluding hydrogens is 344 g/mol. The predicted molar refractivity (Wildman–Crippen MR) is 91.3 cm³/mol. The van der Waals surface area contributed by atoms with E-state index in [1.165, 1.54) is 12.1 Å². The first-order chi connectivity index (χ1) is 11.7. The van der Waals surface area contributed by atoms with Gasteiger partial charge in [0.1, 0.15) is 11.0 Å². The normalized spacial score (nSPS) is 11.8. The number of ketones is 1. The van der Waals surface area contributed by atoms with Crippen LogP contribution in [0.4, 0.5) is 0 Å². The zero-order valence-electron chi connectivity index (χ0n) is 14.3. The van der Waals surface area contributed by atoms with Crippen molar-refractivity contribution in [1.29, 1.82) is 0 Å². The highest BCUT2D eigenvalue weighted by Crippen LogP contribution is 2.17. The first-order valence-electron chi connectivity index (χ1n) is 7.53. The van der Waals surface area contributed by atoms with Crippen LogP contribution in [0.2, 0.25) is 0 Å². The van der Waals surface area contributed by atoms with E-state index in [0.29, 0.717) is 16.6 Å². The van der Waals surface area contributed by atoms with Gasteiger partial charge in [0, 0.05) is 30.3 Å². The smallest absolute Gasteiger partial charge is 0.204 e. The van der Waals surface area contributed by atoms with Crippen molar-refractivity contribution >= 4 is 26.7 Å². The number of aryl methyl sites for hydroxylation is 1. The lowest BCUT2D eigenvalue weighted by Gasteiger charge is -2.06. The molecule has 1 aromatic carbocycles. The number of benzene rings is 1. The molecule has 3 aromatic rings. The molecule has 0 amide bonds. The van der Waals surface area contributed by atoms with Gasteiger partial charge in [0.25, 0.3) is 0 Å². The summed E-state index contributed by atoms with van der Waals surface area (Å²) < 4.78 is 25.3. The summed E-state index contributed by atoms with van der Waals surface area (Å²) in [6.45, 7) is 3.55. The minimum Gasteiger partial charge on any atom is -0.387 e. The number of nitrogens with zero attached hydrogens (tertiary/aromatic N) is 4. The molecule has 0 aliphatic heterocycles. The molecule has 0 N–H and O–H groups in total. The maximum atomic E-state index is 12.4. The number of hydrogen-bond donors (Lipinski definition) is 0. The highest BCUT2D eigenvalue weighted by Gasteiger charge is 2.17. The standard InChI is InChI=1S/C16H18N4O4S/c1-10-7-13(11(2)19(10)3)16(21)9-24-20-15-8-12(25(4,22)23)5-6-14(15)17-18-20/h5-8H,9H2,1-4H3. The summed E-state index contributed by atoms with van der Waals surface area (Å²) in [4.78, 5) is 19.0. The van der Waals surface area contributed by atoms with Crippen LogP contribution in [-0.4, -0.2) is 46.8 Å². The summed E-state index contributed by atoms with van der Waals surface area (Å²) in [5.41, 5.74) is 3.28. The molecule has 25 heavy (non-hydrogen) atoms. The minimum atomic E-state index is -3.36. The average molecular weight is 362 g/mol.